The molecule has 0 radical (unpaired) electrons. The summed E-state index contributed by atoms with van der Waals surface area (Å²) in [5.74, 6) is -1.44. The average molecular weight is 260 g/mol. The Morgan fingerprint density at radius 3 is 2.37 bits per heavy atom. The lowest BCUT2D eigenvalue weighted by molar-refractivity contribution is -0.145. The van der Waals surface area contributed by atoms with Crippen LogP contribution in [0, 0.1) is 12.7 Å². The molecular formula is C15H13FO3. The van der Waals surface area contributed by atoms with Crippen LogP contribution in [0.1, 0.15) is 17.2 Å². The zero-order valence-corrected chi connectivity index (χ0v) is 10.3. The molecule has 0 bridgehead atoms. The van der Waals surface area contributed by atoms with Gasteiger partial charge in [-0.3, -0.25) is 0 Å². The first kappa shape index (κ1) is 13.1. The number of halogens is 1. The number of rotatable bonds is 4. The van der Waals surface area contributed by atoms with Crippen LogP contribution >= 0.6 is 0 Å². The normalized spacial score (nSPS) is 11.9. The lowest BCUT2D eigenvalue weighted by Gasteiger charge is -2.16. The standard InChI is InChI=1S/C15H13FO3/c1-10-6-8-11(9-7-10)19-14(15(17)18)12-4-2-3-5-13(12)16/h2-9,14H,1H3,(H,17,18). The Morgan fingerprint density at radius 1 is 1.16 bits per heavy atom. The van der Waals surface area contributed by atoms with E-state index < -0.39 is 17.9 Å². The number of carbonyl (C=O) groups is 1. The highest BCUT2D eigenvalue weighted by Crippen LogP contribution is 2.24. The number of ether oxygens (including phenoxy) is 1. The van der Waals surface area contributed by atoms with Gasteiger partial charge < -0.3 is 9.84 Å². The van der Waals surface area contributed by atoms with Gasteiger partial charge in [-0.25, -0.2) is 9.18 Å². The molecule has 2 aromatic carbocycles. The van der Waals surface area contributed by atoms with Crippen molar-refractivity contribution in [2.24, 2.45) is 0 Å². The van der Waals surface area contributed by atoms with Crippen LogP contribution in [0.2, 0.25) is 0 Å². The Bertz CT molecular complexity index is 578. The van der Waals surface area contributed by atoms with Crippen LogP contribution < -0.4 is 4.74 Å². The van der Waals surface area contributed by atoms with E-state index in [1.165, 1.54) is 18.2 Å². The number of carboxylic acids is 1. The third kappa shape index (κ3) is 3.10. The monoisotopic (exact) mass is 260 g/mol. The summed E-state index contributed by atoms with van der Waals surface area (Å²) >= 11 is 0. The summed E-state index contributed by atoms with van der Waals surface area (Å²) in [6.07, 6.45) is -1.36. The first-order valence-corrected chi connectivity index (χ1v) is 5.78. The Labute approximate surface area is 110 Å². The molecule has 0 saturated heterocycles. The van der Waals surface area contributed by atoms with Crippen LogP contribution in [0.25, 0.3) is 0 Å². The molecule has 0 heterocycles. The van der Waals surface area contributed by atoms with Crippen molar-refractivity contribution >= 4 is 5.97 Å². The van der Waals surface area contributed by atoms with Gasteiger partial charge in [-0.15, -0.1) is 0 Å². The van der Waals surface area contributed by atoms with Crippen molar-refractivity contribution in [3.8, 4) is 5.75 Å². The van der Waals surface area contributed by atoms with E-state index >= 15 is 0 Å². The molecule has 0 aliphatic rings. The van der Waals surface area contributed by atoms with Crippen LogP contribution in [-0.4, -0.2) is 11.1 Å². The molecule has 0 aliphatic carbocycles. The molecule has 4 heteroatoms. The molecule has 2 aromatic rings. The fraction of sp³-hybridized carbons (Fsp3) is 0.133. The Balaban J connectivity index is 2.29. The Morgan fingerprint density at radius 2 is 1.79 bits per heavy atom. The molecule has 19 heavy (non-hydrogen) atoms. The van der Waals surface area contributed by atoms with Gasteiger partial charge in [0.1, 0.15) is 11.6 Å². The molecule has 0 aliphatic heterocycles. The van der Waals surface area contributed by atoms with Crippen molar-refractivity contribution in [3.05, 3.63) is 65.5 Å². The third-order valence-corrected chi connectivity index (χ3v) is 2.69. The molecule has 0 spiro atoms. The third-order valence-electron chi connectivity index (χ3n) is 2.69. The van der Waals surface area contributed by atoms with E-state index in [4.69, 9.17) is 4.74 Å². The number of benzene rings is 2. The van der Waals surface area contributed by atoms with Crippen molar-refractivity contribution in [2.45, 2.75) is 13.0 Å². The van der Waals surface area contributed by atoms with Crippen molar-refractivity contribution in [3.63, 3.8) is 0 Å². The minimum absolute atomic E-state index is 0.00979. The summed E-state index contributed by atoms with van der Waals surface area (Å²) in [6.45, 7) is 1.91. The van der Waals surface area contributed by atoms with E-state index in [1.54, 1.807) is 30.3 Å². The van der Waals surface area contributed by atoms with Crippen LogP contribution in [0.4, 0.5) is 4.39 Å². The molecule has 0 saturated carbocycles. The minimum Gasteiger partial charge on any atom is -0.478 e. The maximum Gasteiger partial charge on any atom is 0.349 e. The molecule has 1 unspecified atom stereocenters. The molecule has 0 fully saturated rings. The maximum atomic E-state index is 13.6. The highest BCUT2D eigenvalue weighted by Gasteiger charge is 2.24. The number of aryl methyl sites for hydroxylation is 1. The molecule has 1 atom stereocenters. The first-order valence-electron chi connectivity index (χ1n) is 5.78. The van der Waals surface area contributed by atoms with Gasteiger partial charge in [-0.05, 0) is 25.1 Å². The van der Waals surface area contributed by atoms with Crippen LogP contribution in [-0.2, 0) is 4.79 Å². The zero-order chi connectivity index (χ0) is 13.8. The van der Waals surface area contributed by atoms with E-state index in [9.17, 15) is 14.3 Å². The molecule has 0 aromatic heterocycles. The second-order valence-corrected chi connectivity index (χ2v) is 4.17. The molecule has 3 nitrogen and oxygen atoms in total. The number of aliphatic carboxylic acids is 1. The predicted octanol–water partition coefficient (Wildman–Crippen LogP) is 3.34. The van der Waals surface area contributed by atoms with Crippen LogP contribution in [0.15, 0.2) is 48.5 Å². The number of hydrogen-bond donors (Lipinski definition) is 1. The second kappa shape index (κ2) is 5.52. The SMILES string of the molecule is Cc1ccc(OC(C(=O)O)c2ccccc2F)cc1. The van der Waals surface area contributed by atoms with Crippen molar-refractivity contribution in [1.82, 2.24) is 0 Å². The van der Waals surface area contributed by atoms with Gasteiger partial charge in [-0.2, -0.15) is 0 Å². The molecule has 2 rings (SSSR count). The number of carboxylic acid groups (broad SMARTS) is 1. The molecular weight excluding hydrogens is 247 g/mol. The highest BCUT2D eigenvalue weighted by molar-refractivity contribution is 5.75. The summed E-state index contributed by atoms with van der Waals surface area (Å²) in [6, 6.07) is 12.6. The summed E-state index contributed by atoms with van der Waals surface area (Å²) in [5.41, 5.74) is 1.04. The van der Waals surface area contributed by atoms with E-state index in [0.29, 0.717) is 5.75 Å². The van der Waals surface area contributed by atoms with Gasteiger partial charge in [0.25, 0.3) is 0 Å². The Hall–Kier alpha value is -2.36. The van der Waals surface area contributed by atoms with Crippen molar-refractivity contribution in [2.75, 3.05) is 0 Å². The summed E-state index contributed by atoms with van der Waals surface area (Å²) in [4.78, 5) is 11.2. The highest BCUT2D eigenvalue weighted by atomic mass is 19.1. The smallest absolute Gasteiger partial charge is 0.349 e. The van der Waals surface area contributed by atoms with E-state index in [-0.39, 0.29) is 5.56 Å². The first-order chi connectivity index (χ1) is 9.08. The topological polar surface area (TPSA) is 46.5 Å². The Kier molecular flexibility index (Phi) is 3.80. The fourth-order valence-corrected chi connectivity index (χ4v) is 1.69. The van der Waals surface area contributed by atoms with Gasteiger partial charge in [0.15, 0.2) is 0 Å². The van der Waals surface area contributed by atoms with E-state index in [1.807, 2.05) is 6.92 Å². The fourth-order valence-electron chi connectivity index (χ4n) is 1.69. The molecule has 0 amide bonds. The molecule has 98 valence electrons. The van der Waals surface area contributed by atoms with Crippen LogP contribution in [0.3, 0.4) is 0 Å². The van der Waals surface area contributed by atoms with E-state index in [2.05, 4.69) is 0 Å². The maximum absolute atomic E-state index is 13.6. The van der Waals surface area contributed by atoms with Crippen molar-refractivity contribution in [1.29, 1.82) is 0 Å². The predicted molar refractivity (Wildman–Crippen MR) is 68.6 cm³/mol. The lowest BCUT2D eigenvalue weighted by Crippen LogP contribution is -2.19. The summed E-state index contributed by atoms with van der Waals surface area (Å²) in [5, 5.41) is 9.18. The summed E-state index contributed by atoms with van der Waals surface area (Å²) < 4.78 is 19.0. The van der Waals surface area contributed by atoms with E-state index in [0.717, 1.165) is 5.56 Å². The van der Waals surface area contributed by atoms with Crippen molar-refractivity contribution < 1.29 is 19.0 Å². The number of hydrogen-bond acceptors (Lipinski definition) is 2. The largest absolute Gasteiger partial charge is 0.478 e. The van der Waals surface area contributed by atoms with Gasteiger partial charge in [0, 0.05) is 5.56 Å². The zero-order valence-electron chi connectivity index (χ0n) is 10.3. The van der Waals surface area contributed by atoms with Gasteiger partial charge >= 0.3 is 5.97 Å². The van der Waals surface area contributed by atoms with Gasteiger partial charge in [0.2, 0.25) is 6.10 Å². The van der Waals surface area contributed by atoms with Gasteiger partial charge in [0.05, 0.1) is 0 Å². The quantitative estimate of drug-likeness (QED) is 0.917. The van der Waals surface area contributed by atoms with Gasteiger partial charge in [-0.1, -0.05) is 35.9 Å². The average Bonchev–Trinajstić information content (AvgIpc) is 2.39. The van der Waals surface area contributed by atoms with Crippen LogP contribution in [0.5, 0.6) is 5.75 Å². The second-order valence-electron chi connectivity index (χ2n) is 4.17. The summed E-state index contributed by atoms with van der Waals surface area (Å²) in [7, 11) is 0. The molecule has 1 N–H and O–H groups in total. The lowest BCUT2D eigenvalue weighted by atomic mass is 10.1. The minimum atomic E-state index is -1.36.